The third kappa shape index (κ3) is 9.81. The fourth-order valence-corrected chi connectivity index (χ4v) is 1.95. The first-order valence-corrected chi connectivity index (χ1v) is 9.04. The van der Waals surface area contributed by atoms with Gasteiger partial charge in [-0.2, -0.15) is 0 Å². The van der Waals surface area contributed by atoms with Gasteiger partial charge in [0.1, 0.15) is 6.04 Å². The largest absolute Gasteiger partial charge is 0.480 e. The molecule has 0 saturated carbocycles. The lowest BCUT2D eigenvalue weighted by atomic mass is 9.92. The van der Waals surface area contributed by atoms with Crippen LogP contribution in [-0.4, -0.2) is 60.2 Å². The molecule has 0 rings (SSSR count). The van der Waals surface area contributed by atoms with Crippen LogP contribution >= 0.6 is 0 Å². The number of hydrogen-bond acceptors (Lipinski definition) is 6. The van der Waals surface area contributed by atoms with E-state index in [1.54, 1.807) is 6.92 Å². The van der Waals surface area contributed by atoms with E-state index in [1.165, 1.54) is 13.1 Å². The van der Waals surface area contributed by atoms with Crippen LogP contribution in [-0.2, 0) is 19.2 Å². The number of rotatable bonds is 12. The van der Waals surface area contributed by atoms with Crippen LogP contribution in [0, 0.1) is 11.8 Å². The topological polar surface area (TPSA) is 163 Å². The van der Waals surface area contributed by atoms with Crippen LogP contribution in [0.1, 0.15) is 34.1 Å². The Bertz CT molecular complexity index is 617. The van der Waals surface area contributed by atoms with Gasteiger partial charge in [-0.1, -0.05) is 26.8 Å². The SMILES string of the molecule is C=C(CNC(=O)[C@H](C)N)/N=C/C(C(=O)NCC(=O)N[C@@H](C)C(=O)O)[C@@H](C)CC. The molecule has 158 valence electrons. The Hall–Kier alpha value is -2.75. The fourth-order valence-electron chi connectivity index (χ4n) is 1.95. The lowest BCUT2D eigenvalue weighted by Gasteiger charge is -2.19. The van der Waals surface area contributed by atoms with Gasteiger partial charge in [-0.3, -0.25) is 24.2 Å². The molecule has 0 aliphatic carbocycles. The highest BCUT2D eigenvalue weighted by molar-refractivity contribution is 5.96. The summed E-state index contributed by atoms with van der Waals surface area (Å²) in [4.78, 5) is 50.4. The molecular formula is C18H31N5O5. The molecule has 1 unspecified atom stereocenters. The van der Waals surface area contributed by atoms with E-state index >= 15 is 0 Å². The standard InChI is InChI=1S/C18H31N5O5/c1-6-10(2)14(8-20-11(3)7-21-16(25)12(4)19)17(26)22-9-15(24)23-13(5)18(27)28/h8,10,12-14H,3,6-7,9,19H2,1-2,4-5H3,(H,21,25)(H,22,26)(H,23,24)(H,27,28)/b20-8+/t10-,12-,13-,14?/m0/s1. The minimum Gasteiger partial charge on any atom is -0.480 e. The molecule has 0 aromatic rings. The van der Waals surface area contributed by atoms with Crippen molar-refractivity contribution in [3.63, 3.8) is 0 Å². The van der Waals surface area contributed by atoms with Crippen molar-refractivity contribution in [2.24, 2.45) is 22.6 Å². The van der Waals surface area contributed by atoms with E-state index in [2.05, 4.69) is 27.5 Å². The van der Waals surface area contributed by atoms with Gasteiger partial charge in [0.05, 0.1) is 30.7 Å². The number of aliphatic imine (C=N–C) groups is 1. The quantitative estimate of drug-likeness (QED) is 0.276. The number of nitrogens with two attached hydrogens (primary N) is 1. The van der Waals surface area contributed by atoms with Crippen LogP contribution in [0.25, 0.3) is 0 Å². The molecule has 28 heavy (non-hydrogen) atoms. The van der Waals surface area contributed by atoms with Crippen molar-refractivity contribution >= 4 is 29.9 Å². The molecule has 0 heterocycles. The van der Waals surface area contributed by atoms with E-state index in [9.17, 15) is 19.2 Å². The van der Waals surface area contributed by atoms with E-state index < -0.39 is 35.8 Å². The molecule has 0 aromatic heterocycles. The molecule has 10 nitrogen and oxygen atoms in total. The molecule has 0 saturated heterocycles. The zero-order valence-corrected chi connectivity index (χ0v) is 16.8. The first-order valence-electron chi connectivity index (χ1n) is 9.04. The van der Waals surface area contributed by atoms with Crippen molar-refractivity contribution in [3.8, 4) is 0 Å². The molecule has 3 amide bonds. The van der Waals surface area contributed by atoms with Gasteiger partial charge in [0.15, 0.2) is 0 Å². The molecule has 10 heteroatoms. The van der Waals surface area contributed by atoms with Gasteiger partial charge in [-0.05, 0) is 19.8 Å². The minimum atomic E-state index is -1.17. The zero-order chi connectivity index (χ0) is 21.9. The van der Waals surface area contributed by atoms with Gasteiger partial charge in [0.2, 0.25) is 17.7 Å². The van der Waals surface area contributed by atoms with E-state index in [4.69, 9.17) is 10.8 Å². The van der Waals surface area contributed by atoms with Gasteiger partial charge >= 0.3 is 5.97 Å². The molecule has 6 N–H and O–H groups in total. The number of carboxylic acid groups (broad SMARTS) is 1. The first kappa shape index (κ1) is 25.2. The predicted molar refractivity (Wildman–Crippen MR) is 105 cm³/mol. The number of aliphatic carboxylic acids is 1. The summed E-state index contributed by atoms with van der Waals surface area (Å²) >= 11 is 0. The average molecular weight is 397 g/mol. The van der Waals surface area contributed by atoms with Crippen LogP contribution in [0.3, 0.4) is 0 Å². The Morgan fingerprint density at radius 1 is 1.11 bits per heavy atom. The van der Waals surface area contributed by atoms with Gasteiger partial charge in [0.25, 0.3) is 0 Å². The smallest absolute Gasteiger partial charge is 0.325 e. The number of carbonyl (C=O) groups is 4. The van der Waals surface area contributed by atoms with E-state index in [-0.39, 0.29) is 24.9 Å². The molecule has 0 aliphatic heterocycles. The molecule has 0 bridgehead atoms. The Balaban J connectivity index is 4.78. The van der Waals surface area contributed by atoms with Crippen molar-refractivity contribution in [2.75, 3.05) is 13.1 Å². The van der Waals surface area contributed by atoms with E-state index in [1.807, 2.05) is 13.8 Å². The van der Waals surface area contributed by atoms with E-state index in [0.717, 1.165) is 0 Å². The second-order valence-electron chi connectivity index (χ2n) is 6.61. The van der Waals surface area contributed by atoms with Gasteiger partial charge < -0.3 is 26.8 Å². The highest BCUT2D eigenvalue weighted by Crippen LogP contribution is 2.14. The summed E-state index contributed by atoms with van der Waals surface area (Å²) in [6.07, 6.45) is 2.13. The molecule has 4 atom stereocenters. The molecule has 0 fully saturated rings. The van der Waals surface area contributed by atoms with Crippen molar-refractivity contribution in [3.05, 3.63) is 12.3 Å². The third-order valence-corrected chi connectivity index (χ3v) is 4.03. The summed E-state index contributed by atoms with van der Waals surface area (Å²) < 4.78 is 0. The number of carboxylic acids is 1. The second kappa shape index (κ2) is 12.6. The number of nitrogens with zero attached hydrogens (tertiary/aromatic N) is 1. The highest BCUT2D eigenvalue weighted by atomic mass is 16.4. The summed E-state index contributed by atoms with van der Waals surface area (Å²) in [7, 11) is 0. The summed E-state index contributed by atoms with van der Waals surface area (Å²) in [6, 6.07) is -1.70. The molecule has 0 aromatic carbocycles. The highest BCUT2D eigenvalue weighted by Gasteiger charge is 2.23. The Labute approximate surface area is 165 Å². The van der Waals surface area contributed by atoms with Gasteiger partial charge in [-0.25, -0.2) is 0 Å². The number of carbonyl (C=O) groups excluding carboxylic acids is 3. The Kier molecular flexibility index (Phi) is 11.4. The van der Waals surface area contributed by atoms with E-state index in [0.29, 0.717) is 12.1 Å². The Morgan fingerprint density at radius 3 is 2.18 bits per heavy atom. The number of nitrogens with one attached hydrogen (secondary N) is 3. The molecule has 0 aliphatic rings. The maximum Gasteiger partial charge on any atom is 0.325 e. The average Bonchev–Trinajstić information content (AvgIpc) is 2.63. The third-order valence-electron chi connectivity index (χ3n) is 4.03. The summed E-state index contributed by atoms with van der Waals surface area (Å²) in [5.74, 6) is -3.20. The van der Waals surface area contributed by atoms with Gasteiger partial charge in [0, 0.05) is 6.21 Å². The first-order chi connectivity index (χ1) is 13.0. The monoisotopic (exact) mass is 397 g/mol. The molecule has 0 spiro atoms. The van der Waals surface area contributed by atoms with Crippen molar-refractivity contribution in [1.29, 1.82) is 0 Å². The van der Waals surface area contributed by atoms with Gasteiger partial charge in [-0.15, -0.1) is 0 Å². The molecule has 0 radical (unpaired) electrons. The number of hydrogen-bond donors (Lipinski definition) is 5. The van der Waals surface area contributed by atoms with Crippen LogP contribution in [0.5, 0.6) is 0 Å². The lowest BCUT2D eigenvalue weighted by Crippen LogP contribution is -2.45. The van der Waals surface area contributed by atoms with Crippen molar-refractivity contribution in [2.45, 2.75) is 46.2 Å². The zero-order valence-electron chi connectivity index (χ0n) is 16.8. The maximum atomic E-state index is 12.4. The summed E-state index contributed by atoms with van der Waals surface area (Å²) in [6.45, 7) is 10.1. The van der Waals surface area contributed by atoms with Crippen molar-refractivity contribution < 1.29 is 24.3 Å². The normalized spacial score (nSPS) is 15.2. The predicted octanol–water partition coefficient (Wildman–Crippen LogP) is -0.598. The lowest BCUT2D eigenvalue weighted by molar-refractivity contribution is -0.141. The minimum absolute atomic E-state index is 0.0591. The maximum absolute atomic E-state index is 12.4. The van der Waals surface area contributed by atoms with Crippen LogP contribution in [0.2, 0.25) is 0 Å². The molecular weight excluding hydrogens is 366 g/mol. The van der Waals surface area contributed by atoms with Crippen LogP contribution in [0.15, 0.2) is 17.3 Å². The Morgan fingerprint density at radius 2 is 1.68 bits per heavy atom. The van der Waals surface area contributed by atoms with Crippen molar-refractivity contribution in [1.82, 2.24) is 16.0 Å². The van der Waals surface area contributed by atoms with Crippen LogP contribution in [0.4, 0.5) is 0 Å². The van der Waals surface area contributed by atoms with Crippen LogP contribution < -0.4 is 21.7 Å². The summed E-state index contributed by atoms with van der Waals surface area (Å²) in [5, 5.41) is 16.1. The summed E-state index contributed by atoms with van der Waals surface area (Å²) in [5.41, 5.74) is 5.80. The number of amides is 3. The second-order valence-corrected chi connectivity index (χ2v) is 6.61. The fraction of sp³-hybridized carbons (Fsp3) is 0.611.